The van der Waals surface area contributed by atoms with Crippen molar-refractivity contribution >= 4 is 23.1 Å². The first-order chi connectivity index (χ1) is 13.7. The number of hydrogen-bond donors (Lipinski definition) is 2. The number of ketones is 1. The van der Waals surface area contributed by atoms with E-state index in [1.54, 1.807) is 18.2 Å². The number of carbonyl (C=O) groups excluding carboxylic acids is 2. The maximum Gasteiger partial charge on any atom is 0.253 e. The molecule has 3 aromatic rings. The highest BCUT2D eigenvalue weighted by Gasteiger charge is 2.22. The van der Waals surface area contributed by atoms with E-state index in [0.29, 0.717) is 41.3 Å². The van der Waals surface area contributed by atoms with Gasteiger partial charge in [-0.3, -0.25) is 9.59 Å². The van der Waals surface area contributed by atoms with Crippen molar-refractivity contribution in [2.75, 3.05) is 11.9 Å². The van der Waals surface area contributed by atoms with E-state index in [9.17, 15) is 9.59 Å². The average Bonchev–Trinajstić information content (AvgIpc) is 2.86. The molecule has 1 aliphatic heterocycles. The predicted octanol–water partition coefficient (Wildman–Crippen LogP) is 4.30. The molecule has 28 heavy (non-hydrogen) atoms. The standard InChI is InChI=1S/C23H20N2O3/c1-2-24-23(27)18-9-5-6-10-20(18)25-16-11-12-19-21(13-16)28-14-15-7-3-4-8-17(15)22(19)26/h3-13,25H,2,14H2,1H3,(H,24,27). The van der Waals surface area contributed by atoms with E-state index < -0.39 is 0 Å². The Balaban J connectivity index is 1.65. The topological polar surface area (TPSA) is 67.4 Å². The number of ether oxygens (including phenoxy) is 1. The van der Waals surface area contributed by atoms with Crippen molar-refractivity contribution < 1.29 is 14.3 Å². The minimum atomic E-state index is -0.137. The largest absolute Gasteiger partial charge is 0.488 e. The lowest BCUT2D eigenvalue weighted by Gasteiger charge is -2.14. The van der Waals surface area contributed by atoms with Crippen molar-refractivity contribution in [2.45, 2.75) is 13.5 Å². The molecule has 4 rings (SSSR count). The van der Waals surface area contributed by atoms with Crippen LogP contribution in [-0.4, -0.2) is 18.2 Å². The zero-order valence-corrected chi connectivity index (χ0v) is 15.5. The fourth-order valence-corrected chi connectivity index (χ4v) is 3.28. The first kappa shape index (κ1) is 17.8. The van der Waals surface area contributed by atoms with Crippen LogP contribution >= 0.6 is 0 Å². The lowest BCUT2D eigenvalue weighted by atomic mass is 9.99. The zero-order chi connectivity index (χ0) is 19.5. The van der Waals surface area contributed by atoms with Crippen molar-refractivity contribution in [1.82, 2.24) is 5.32 Å². The first-order valence-electron chi connectivity index (χ1n) is 9.21. The summed E-state index contributed by atoms with van der Waals surface area (Å²) in [7, 11) is 0. The number of hydrogen-bond acceptors (Lipinski definition) is 4. The fraction of sp³-hybridized carbons (Fsp3) is 0.130. The molecule has 1 heterocycles. The van der Waals surface area contributed by atoms with Gasteiger partial charge in [0, 0.05) is 29.4 Å². The van der Waals surface area contributed by atoms with E-state index in [4.69, 9.17) is 4.74 Å². The van der Waals surface area contributed by atoms with E-state index in [1.807, 2.05) is 55.5 Å². The summed E-state index contributed by atoms with van der Waals surface area (Å²) in [6, 6.07) is 20.2. The van der Waals surface area contributed by atoms with E-state index in [1.165, 1.54) is 0 Å². The van der Waals surface area contributed by atoms with Crippen LogP contribution in [0.3, 0.4) is 0 Å². The molecule has 0 fully saturated rings. The SMILES string of the molecule is CCNC(=O)c1ccccc1Nc1ccc2c(c1)OCc1ccccc1C2=O. The molecule has 3 aromatic carbocycles. The van der Waals surface area contributed by atoms with Crippen LogP contribution < -0.4 is 15.4 Å². The Morgan fingerprint density at radius 1 is 1.00 bits per heavy atom. The highest BCUT2D eigenvalue weighted by Crippen LogP contribution is 2.32. The van der Waals surface area contributed by atoms with E-state index in [0.717, 1.165) is 11.3 Å². The van der Waals surface area contributed by atoms with Crippen LogP contribution in [0.25, 0.3) is 0 Å². The van der Waals surface area contributed by atoms with Crippen LogP contribution in [0, 0.1) is 0 Å². The molecule has 0 saturated heterocycles. The van der Waals surface area contributed by atoms with Gasteiger partial charge in [-0.1, -0.05) is 36.4 Å². The quantitative estimate of drug-likeness (QED) is 0.716. The molecule has 0 bridgehead atoms. The van der Waals surface area contributed by atoms with E-state index in [2.05, 4.69) is 10.6 Å². The maximum atomic E-state index is 12.9. The molecule has 0 unspecified atom stereocenters. The Hall–Kier alpha value is -3.60. The van der Waals surface area contributed by atoms with Gasteiger partial charge in [-0.05, 0) is 31.2 Å². The molecule has 5 nitrogen and oxygen atoms in total. The lowest BCUT2D eigenvalue weighted by molar-refractivity contribution is 0.0956. The van der Waals surface area contributed by atoms with Crippen LogP contribution in [0.15, 0.2) is 66.7 Å². The summed E-state index contributed by atoms with van der Waals surface area (Å²) in [5, 5.41) is 6.08. The Kier molecular flexibility index (Phi) is 4.81. The van der Waals surface area contributed by atoms with Crippen LogP contribution in [0.5, 0.6) is 5.75 Å². The van der Waals surface area contributed by atoms with Crippen molar-refractivity contribution in [3.63, 3.8) is 0 Å². The van der Waals surface area contributed by atoms with Gasteiger partial charge in [0.2, 0.25) is 0 Å². The first-order valence-corrected chi connectivity index (χ1v) is 9.21. The third-order valence-corrected chi connectivity index (χ3v) is 4.66. The van der Waals surface area contributed by atoms with Crippen molar-refractivity contribution in [3.8, 4) is 5.75 Å². The molecule has 1 aliphatic rings. The fourth-order valence-electron chi connectivity index (χ4n) is 3.28. The lowest BCUT2D eigenvalue weighted by Crippen LogP contribution is -2.23. The van der Waals surface area contributed by atoms with Gasteiger partial charge >= 0.3 is 0 Å². The number of para-hydroxylation sites is 1. The van der Waals surface area contributed by atoms with Gasteiger partial charge in [-0.25, -0.2) is 0 Å². The molecule has 0 saturated carbocycles. The number of benzene rings is 3. The molecular formula is C23H20N2O3. The minimum Gasteiger partial charge on any atom is -0.488 e. The van der Waals surface area contributed by atoms with Crippen molar-refractivity contribution in [3.05, 3.63) is 89.0 Å². The summed E-state index contributed by atoms with van der Waals surface area (Å²) in [5.41, 5.74) is 4.07. The predicted molar refractivity (Wildman–Crippen MR) is 108 cm³/mol. The minimum absolute atomic E-state index is 0.0441. The van der Waals surface area contributed by atoms with Gasteiger partial charge in [0.15, 0.2) is 5.78 Å². The third-order valence-electron chi connectivity index (χ3n) is 4.66. The summed E-state index contributed by atoms with van der Waals surface area (Å²) in [6.07, 6.45) is 0. The highest BCUT2D eigenvalue weighted by atomic mass is 16.5. The van der Waals surface area contributed by atoms with Gasteiger partial charge in [0.25, 0.3) is 5.91 Å². The number of carbonyl (C=O) groups is 2. The normalized spacial score (nSPS) is 12.2. The molecule has 0 radical (unpaired) electrons. The summed E-state index contributed by atoms with van der Waals surface area (Å²) in [5.74, 6) is 0.348. The van der Waals surface area contributed by atoms with E-state index >= 15 is 0 Å². The van der Waals surface area contributed by atoms with E-state index in [-0.39, 0.29) is 11.7 Å². The van der Waals surface area contributed by atoms with Gasteiger partial charge in [0.1, 0.15) is 12.4 Å². The summed E-state index contributed by atoms with van der Waals surface area (Å²) < 4.78 is 5.90. The second-order valence-electron chi connectivity index (χ2n) is 6.52. The Morgan fingerprint density at radius 2 is 1.79 bits per heavy atom. The Morgan fingerprint density at radius 3 is 2.64 bits per heavy atom. The Bertz CT molecular complexity index is 1060. The van der Waals surface area contributed by atoms with Crippen molar-refractivity contribution in [1.29, 1.82) is 0 Å². The van der Waals surface area contributed by atoms with Gasteiger partial charge in [-0.2, -0.15) is 0 Å². The molecule has 140 valence electrons. The number of amides is 1. The summed E-state index contributed by atoms with van der Waals surface area (Å²) in [4.78, 5) is 25.1. The summed E-state index contributed by atoms with van der Waals surface area (Å²) in [6.45, 7) is 2.78. The summed E-state index contributed by atoms with van der Waals surface area (Å²) >= 11 is 0. The van der Waals surface area contributed by atoms with Crippen LogP contribution in [0.2, 0.25) is 0 Å². The molecule has 0 aromatic heterocycles. The van der Waals surface area contributed by atoms with Gasteiger partial charge in [0.05, 0.1) is 16.8 Å². The molecule has 2 N–H and O–H groups in total. The van der Waals surface area contributed by atoms with Gasteiger partial charge < -0.3 is 15.4 Å². The number of nitrogens with one attached hydrogen (secondary N) is 2. The molecule has 0 atom stereocenters. The molecule has 5 heteroatoms. The monoisotopic (exact) mass is 372 g/mol. The highest BCUT2D eigenvalue weighted by molar-refractivity contribution is 6.12. The average molecular weight is 372 g/mol. The molecule has 0 aliphatic carbocycles. The maximum absolute atomic E-state index is 12.9. The Labute approximate surface area is 163 Å². The smallest absolute Gasteiger partial charge is 0.253 e. The molecular weight excluding hydrogens is 352 g/mol. The van der Waals surface area contributed by atoms with Crippen molar-refractivity contribution in [2.24, 2.45) is 0 Å². The van der Waals surface area contributed by atoms with Gasteiger partial charge in [-0.15, -0.1) is 0 Å². The van der Waals surface area contributed by atoms with Crippen LogP contribution in [0.1, 0.15) is 38.8 Å². The second-order valence-corrected chi connectivity index (χ2v) is 6.52. The number of anilines is 2. The van der Waals surface area contributed by atoms with Crippen LogP contribution in [-0.2, 0) is 6.61 Å². The number of fused-ring (bicyclic) bond motifs is 2. The zero-order valence-electron chi connectivity index (χ0n) is 15.5. The second kappa shape index (κ2) is 7.56. The molecule has 0 spiro atoms. The van der Waals surface area contributed by atoms with Crippen LogP contribution in [0.4, 0.5) is 11.4 Å². The number of rotatable bonds is 4. The third kappa shape index (κ3) is 3.34. The molecule has 1 amide bonds.